The standard InChI is InChI=1S/C12H17ClOS/c1-8-4-3-6-12(14,9(8)2)11-10(13)5-7-15-11/h5,7-9,14H,3-4,6H2,1-2H3. The quantitative estimate of drug-likeness (QED) is 0.791. The molecule has 3 heteroatoms. The average molecular weight is 245 g/mol. The molecule has 0 amide bonds. The zero-order chi connectivity index (χ0) is 11.1. The van der Waals surface area contributed by atoms with Gasteiger partial charge in [-0.1, -0.05) is 31.9 Å². The van der Waals surface area contributed by atoms with Gasteiger partial charge in [-0.2, -0.15) is 0 Å². The van der Waals surface area contributed by atoms with Crippen molar-refractivity contribution in [1.29, 1.82) is 0 Å². The molecule has 0 bridgehead atoms. The third-order valence-corrected chi connectivity index (χ3v) is 5.34. The molecule has 0 aliphatic heterocycles. The van der Waals surface area contributed by atoms with Crippen molar-refractivity contribution in [3.8, 4) is 0 Å². The predicted molar refractivity (Wildman–Crippen MR) is 65.4 cm³/mol. The van der Waals surface area contributed by atoms with Crippen LogP contribution in [0.15, 0.2) is 11.4 Å². The van der Waals surface area contributed by atoms with Crippen molar-refractivity contribution in [2.45, 2.75) is 38.7 Å². The summed E-state index contributed by atoms with van der Waals surface area (Å²) in [4.78, 5) is 0.961. The van der Waals surface area contributed by atoms with Gasteiger partial charge in [-0.05, 0) is 36.1 Å². The second-order valence-electron chi connectivity index (χ2n) is 4.68. The summed E-state index contributed by atoms with van der Waals surface area (Å²) >= 11 is 7.70. The van der Waals surface area contributed by atoms with E-state index in [2.05, 4.69) is 13.8 Å². The Labute approximate surface area is 100 Å². The maximum Gasteiger partial charge on any atom is 0.103 e. The molecule has 15 heavy (non-hydrogen) atoms. The molecule has 0 saturated heterocycles. The summed E-state index contributed by atoms with van der Waals surface area (Å²) < 4.78 is 0. The zero-order valence-electron chi connectivity index (χ0n) is 9.16. The van der Waals surface area contributed by atoms with E-state index in [-0.39, 0.29) is 0 Å². The fraction of sp³-hybridized carbons (Fsp3) is 0.667. The van der Waals surface area contributed by atoms with E-state index in [9.17, 15) is 5.11 Å². The molecular formula is C12H17ClOS. The summed E-state index contributed by atoms with van der Waals surface area (Å²) in [6.45, 7) is 4.36. The van der Waals surface area contributed by atoms with Crippen LogP contribution in [-0.4, -0.2) is 5.11 Å². The van der Waals surface area contributed by atoms with Crippen LogP contribution in [0.3, 0.4) is 0 Å². The first-order valence-electron chi connectivity index (χ1n) is 5.51. The SMILES string of the molecule is CC1CCCC(O)(c2sccc2Cl)C1C. The number of hydrogen-bond acceptors (Lipinski definition) is 2. The van der Waals surface area contributed by atoms with Crippen LogP contribution in [0.1, 0.15) is 38.0 Å². The normalized spacial score (nSPS) is 36.8. The second kappa shape index (κ2) is 4.08. The molecular weight excluding hydrogens is 228 g/mol. The van der Waals surface area contributed by atoms with Crippen molar-refractivity contribution < 1.29 is 5.11 Å². The lowest BCUT2D eigenvalue weighted by atomic mass is 9.70. The van der Waals surface area contributed by atoms with Crippen molar-refractivity contribution in [2.75, 3.05) is 0 Å². The van der Waals surface area contributed by atoms with E-state index in [0.717, 1.165) is 22.7 Å². The molecule has 1 N–H and O–H groups in total. The van der Waals surface area contributed by atoms with Gasteiger partial charge in [0.1, 0.15) is 5.60 Å². The van der Waals surface area contributed by atoms with Gasteiger partial charge in [-0.15, -0.1) is 11.3 Å². The molecule has 2 rings (SSSR count). The molecule has 0 aromatic carbocycles. The Morgan fingerprint density at radius 2 is 2.27 bits per heavy atom. The third kappa shape index (κ3) is 1.83. The highest BCUT2D eigenvalue weighted by atomic mass is 35.5. The van der Waals surface area contributed by atoms with Crippen LogP contribution in [0.5, 0.6) is 0 Å². The Kier molecular flexibility index (Phi) is 3.11. The molecule has 3 unspecified atom stereocenters. The molecule has 1 aliphatic rings. The van der Waals surface area contributed by atoms with E-state index >= 15 is 0 Å². The Bertz CT molecular complexity index is 349. The highest BCUT2D eigenvalue weighted by Crippen LogP contribution is 2.48. The largest absolute Gasteiger partial charge is 0.384 e. The molecule has 3 atom stereocenters. The minimum atomic E-state index is -0.692. The smallest absolute Gasteiger partial charge is 0.103 e. The van der Waals surface area contributed by atoms with E-state index < -0.39 is 5.60 Å². The minimum absolute atomic E-state index is 0.294. The molecule has 1 fully saturated rings. The molecule has 0 spiro atoms. The maximum atomic E-state index is 10.8. The van der Waals surface area contributed by atoms with Crippen LogP contribution in [0.4, 0.5) is 0 Å². The lowest BCUT2D eigenvalue weighted by Gasteiger charge is -2.41. The third-order valence-electron chi connectivity index (χ3n) is 3.83. The van der Waals surface area contributed by atoms with Crippen LogP contribution in [0.25, 0.3) is 0 Å². The topological polar surface area (TPSA) is 20.2 Å². The van der Waals surface area contributed by atoms with Crippen molar-refractivity contribution in [3.05, 3.63) is 21.3 Å². The van der Waals surface area contributed by atoms with Gasteiger partial charge in [0.25, 0.3) is 0 Å². The number of aliphatic hydroxyl groups is 1. The van der Waals surface area contributed by atoms with Gasteiger partial charge >= 0.3 is 0 Å². The van der Waals surface area contributed by atoms with Gasteiger partial charge in [0.05, 0.1) is 9.90 Å². The summed E-state index contributed by atoms with van der Waals surface area (Å²) in [5.74, 6) is 0.865. The molecule has 0 radical (unpaired) electrons. The van der Waals surface area contributed by atoms with Crippen molar-refractivity contribution >= 4 is 22.9 Å². The second-order valence-corrected chi connectivity index (χ2v) is 6.00. The fourth-order valence-electron chi connectivity index (χ4n) is 2.56. The number of hydrogen-bond donors (Lipinski definition) is 1. The Morgan fingerprint density at radius 1 is 1.53 bits per heavy atom. The van der Waals surface area contributed by atoms with Crippen LogP contribution < -0.4 is 0 Å². The lowest BCUT2D eigenvalue weighted by Crippen LogP contribution is -2.39. The number of rotatable bonds is 1. The number of halogens is 1. The van der Waals surface area contributed by atoms with Crippen LogP contribution in [0, 0.1) is 11.8 Å². The first-order valence-corrected chi connectivity index (χ1v) is 6.77. The van der Waals surface area contributed by atoms with E-state index in [0.29, 0.717) is 11.8 Å². The van der Waals surface area contributed by atoms with Crippen LogP contribution >= 0.6 is 22.9 Å². The Morgan fingerprint density at radius 3 is 2.87 bits per heavy atom. The minimum Gasteiger partial charge on any atom is -0.384 e. The van der Waals surface area contributed by atoms with Gasteiger partial charge < -0.3 is 5.11 Å². The van der Waals surface area contributed by atoms with E-state index in [1.165, 1.54) is 6.42 Å². The van der Waals surface area contributed by atoms with Gasteiger partial charge in [0.2, 0.25) is 0 Å². The Hall–Kier alpha value is -0.0500. The van der Waals surface area contributed by atoms with E-state index in [1.54, 1.807) is 11.3 Å². The Balaban J connectivity index is 2.36. The summed E-state index contributed by atoms with van der Waals surface area (Å²) in [7, 11) is 0. The summed E-state index contributed by atoms with van der Waals surface area (Å²) in [6, 6.07) is 1.88. The molecule has 84 valence electrons. The van der Waals surface area contributed by atoms with Gasteiger partial charge in [0, 0.05) is 0 Å². The maximum absolute atomic E-state index is 10.8. The fourth-order valence-corrected chi connectivity index (χ4v) is 4.01. The first-order chi connectivity index (χ1) is 7.05. The van der Waals surface area contributed by atoms with Gasteiger partial charge in [-0.25, -0.2) is 0 Å². The van der Waals surface area contributed by atoms with E-state index in [4.69, 9.17) is 11.6 Å². The van der Waals surface area contributed by atoms with Gasteiger partial charge in [0.15, 0.2) is 0 Å². The molecule has 1 saturated carbocycles. The van der Waals surface area contributed by atoms with Gasteiger partial charge in [-0.3, -0.25) is 0 Å². The summed E-state index contributed by atoms with van der Waals surface area (Å²) in [5.41, 5.74) is -0.692. The molecule has 1 nitrogen and oxygen atoms in total. The van der Waals surface area contributed by atoms with E-state index in [1.807, 2.05) is 11.4 Å². The molecule has 1 aromatic heterocycles. The molecule has 1 aliphatic carbocycles. The molecule has 1 aromatic rings. The lowest BCUT2D eigenvalue weighted by molar-refractivity contribution is -0.0658. The zero-order valence-corrected chi connectivity index (χ0v) is 10.7. The highest BCUT2D eigenvalue weighted by Gasteiger charge is 2.43. The predicted octanol–water partition coefficient (Wildman–Crippen LogP) is 4.05. The van der Waals surface area contributed by atoms with Crippen molar-refractivity contribution in [1.82, 2.24) is 0 Å². The summed E-state index contributed by atoms with van der Waals surface area (Å²) in [6.07, 6.45) is 3.15. The first kappa shape index (κ1) is 11.4. The summed E-state index contributed by atoms with van der Waals surface area (Å²) in [5, 5.41) is 13.5. The monoisotopic (exact) mass is 244 g/mol. The van der Waals surface area contributed by atoms with Crippen molar-refractivity contribution in [3.63, 3.8) is 0 Å². The van der Waals surface area contributed by atoms with Crippen molar-refractivity contribution in [2.24, 2.45) is 11.8 Å². The van der Waals surface area contributed by atoms with Crippen LogP contribution in [-0.2, 0) is 5.60 Å². The average Bonchev–Trinajstić information content (AvgIpc) is 2.61. The number of thiophene rings is 1. The highest BCUT2D eigenvalue weighted by molar-refractivity contribution is 7.10. The molecule has 1 heterocycles. The van der Waals surface area contributed by atoms with Crippen LogP contribution in [0.2, 0.25) is 5.02 Å².